The van der Waals surface area contributed by atoms with Crippen LogP contribution in [0.1, 0.15) is 46.5 Å². The van der Waals surface area contributed by atoms with Gasteiger partial charge in [0.1, 0.15) is 0 Å². The van der Waals surface area contributed by atoms with Gasteiger partial charge in [0.15, 0.2) is 0 Å². The molecule has 21 heavy (non-hydrogen) atoms. The number of halogens is 1. The van der Waals surface area contributed by atoms with Crippen molar-refractivity contribution >= 4 is 11.6 Å². The summed E-state index contributed by atoms with van der Waals surface area (Å²) in [4.78, 5) is 0. The van der Waals surface area contributed by atoms with Gasteiger partial charge in [-0.3, -0.25) is 0 Å². The molecule has 0 heterocycles. The van der Waals surface area contributed by atoms with E-state index in [1.165, 1.54) is 24.8 Å². The molecule has 3 nitrogen and oxygen atoms in total. The minimum Gasteiger partial charge on any atom is -0.318 e. The van der Waals surface area contributed by atoms with Crippen molar-refractivity contribution in [1.29, 1.82) is 0 Å². The molecule has 0 aromatic heterocycles. The van der Waals surface area contributed by atoms with Crippen LogP contribution in [-0.4, -0.2) is 38.3 Å². The van der Waals surface area contributed by atoms with Crippen LogP contribution in [0.15, 0.2) is 22.8 Å². The Labute approximate surface area is 135 Å². The maximum atomic E-state index is 6.17. The van der Waals surface area contributed by atoms with Gasteiger partial charge < -0.3 is 16.0 Å². The number of likely N-dealkylation sites (N-methyl/N-ethyl adjacent to an activating group) is 1. The van der Waals surface area contributed by atoms with E-state index in [2.05, 4.69) is 48.9 Å². The average Bonchev–Trinajstić information content (AvgIpc) is 2.86. The van der Waals surface area contributed by atoms with Gasteiger partial charge in [-0.25, -0.2) is 0 Å². The van der Waals surface area contributed by atoms with Crippen LogP contribution in [-0.2, 0) is 0 Å². The lowest BCUT2D eigenvalue weighted by Gasteiger charge is -2.21. The highest BCUT2D eigenvalue weighted by Gasteiger charge is 2.25. The van der Waals surface area contributed by atoms with Crippen molar-refractivity contribution in [3.8, 4) is 0 Å². The molecule has 1 rings (SSSR count). The lowest BCUT2D eigenvalue weighted by atomic mass is 10.1. The van der Waals surface area contributed by atoms with Crippen LogP contribution >= 0.6 is 11.6 Å². The Kier molecular flexibility index (Phi) is 9.25. The zero-order valence-electron chi connectivity index (χ0n) is 14.0. The largest absolute Gasteiger partial charge is 0.318 e. The summed E-state index contributed by atoms with van der Waals surface area (Å²) in [6.07, 6.45) is 8.86. The van der Waals surface area contributed by atoms with Gasteiger partial charge >= 0.3 is 0 Å². The molecule has 0 aromatic rings. The normalized spacial score (nSPS) is 25.4. The Bertz CT molecular complexity index is 352. The van der Waals surface area contributed by atoms with E-state index in [-0.39, 0.29) is 0 Å². The lowest BCUT2D eigenvalue weighted by Crippen LogP contribution is -2.38. The van der Waals surface area contributed by atoms with Gasteiger partial charge in [0.25, 0.3) is 0 Å². The predicted octanol–water partition coefficient (Wildman–Crippen LogP) is 3.17. The summed E-state index contributed by atoms with van der Waals surface area (Å²) in [5, 5.41) is 11.4. The molecule has 122 valence electrons. The summed E-state index contributed by atoms with van der Waals surface area (Å²) >= 11 is 6.17. The van der Waals surface area contributed by atoms with Crippen molar-refractivity contribution < 1.29 is 0 Å². The van der Waals surface area contributed by atoms with Gasteiger partial charge in [0.05, 0.1) is 0 Å². The van der Waals surface area contributed by atoms with E-state index in [0.29, 0.717) is 18.1 Å². The number of hydrogen-bond donors (Lipinski definition) is 3. The Balaban J connectivity index is 2.35. The van der Waals surface area contributed by atoms with Gasteiger partial charge in [-0.1, -0.05) is 30.2 Å². The van der Waals surface area contributed by atoms with E-state index in [9.17, 15) is 0 Å². The quantitative estimate of drug-likeness (QED) is 0.452. The second-order valence-electron chi connectivity index (χ2n) is 6.04. The Morgan fingerprint density at radius 3 is 2.67 bits per heavy atom. The fourth-order valence-electron chi connectivity index (χ4n) is 2.80. The molecule has 0 aromatic carbocycles. The smallest absolute Gasteiger partial charge is 0.0366 e. The molecule has 3 N–H and O–H groups in total. The van der Waals surface area contributed by atoms with Crippen LogP contribution in [0.4, 0.5) is 0 Å². The van der Waals surface area contributed by atoms with Crippen LogP contribution in [0.25, 0.3) is 0 Å². The maximum Gasteiger partial charge on any atom is 0.0366 e. The molecule has 1 aliphatic carbocycles. The maximum absolute atomic E-state index is 6.17. The topological polar surface area (TPSA) is 36.1 Å². The zero-order chi connectivity index (χ0) is 15.7. The van der Waals surface area contributed by atoms with Crippen molar-refractivity contribution in [3.63, 3.8) is 0 Å². The predicted molar refractivity (Wildman–Crippen MR) is 93.9 cm³/mol. The molecule has 0 radical (unpaired) electrons. The van der Waals surface area contributed by atoms with Crippen molar-refractivity contribution in [3.05, 3.63) is 22.8 Å². The molecule has 4 heteroatoms. The third-order valence-corrected chi connectivity index (χ3v) is 4.44. The lowest BCUT2D eigenvalue weighted by molar-refractivity contribution is 0.458. The Morgan fingerprint density at radius 1 is 1.29 bits per heavy atom. The zero-order valence-corrected chi connectivity index (χ0v) is 14.8. The second kappa shape index (κ2) is 10.4. The van der Waals surface area contributed by atoms with Gasteiger partial charge in [0.2, 0.25) is 0 Å². The number of allylic oxidation sites excluding steroid dienone is 3. The van der Waals surface area contributed by atoms with Gasteiger partial charge in [-0.05, 0) is 52.7 Å². The molecule has 0 amide bonds. The van der Waals surface area contributed by atoms with Crippen LogP contribution < -0.4 is 16.0 Å². The van der Waals surface area contributed by atoms with E-state index >= 15 is 0 Å². The van der Waals surface area contributed by atoms with E-state index < -0.39 is 0 Å². The molecule has 0 bridgehead atoms. The van der Waals surface area contributed by atoms with Crippen molar-refractivity contribution in [2.75, 3.05) is 20.1 Å². The summed E-state index contributed by atoms with van der Waals surface area (Å²) in [7, 11) is 2.00. The van der Waals surface area contributed by atoms with E-state index in [1.807, 2.05) is 7.05 Å². The van der Waals surface area contributed by atoms with Crippen LogP contribution in [0, 0.1) is 0 Å². The summed E-state index contributed by atoms with van der Waals surface area (Å²) in [6, 6.07) is 1.66. The highest BCUT2D eigenvalue weighted by atomic mass is 35.5. The number of hydrogen-bond acceptors (Lipinski definition) is 3. The number of nitrogens with one attached hydrogen (secondary N) is 3. The summed E-state index contributed by atoms with van der Waals surface area (Å²) in [6.45, 7) is 8.58. The van der Waals surface area contributed by atoms with Crippen LogP contribution in [0.5, 0.6) is 0 Å². The molecule has 1 aliphatic rings. The van der Waals surface area contributed by atoms with E-state index in [1.54, 1.807) is 0 Å². The SMILES string of the molecule is CC/C=C(Cl)\C=C(/C)C(C)N[C@H]1CC[C@H](NCCNC)C1. The first kappa shape index (κ1) is 18.7. The van der Waals surface area contributed by atoms with Crippen molar-refractivity contribution in [2.45, 2.75) is 64.6 Å². The summed E-state index contributed by atoms with van der Waals surface area (Å²) in [5.74, 6) is 0. The third kappa shape index (κ3) is 7.46. The van der Waals surface area contributed by atoms with Gasteiger partial charge in [-0.2, -0.15) is 0 Å². The third-order valence-electron chi connectivity index (χ3n) is 4.17. The molecule has 3 atom stereocenters. The Morgan fingerprint density at radius 2 is 2.00 bits per heavy atom. The summed E-state index contributed by atoms with van der Waals surface area (Å²) < 4.78 is 0. The molecule has 1 saturated carbocycles. The van der Waals surface area contributed by atoms with E-state index in [0.717, 1.165) is 24.5 Å². The molecule has 0 aliphatic heterocycles. The number of rotatable bonds is 9. The molecular formula is C17H32ClN3. The summed E-state index contributed by atoms with van der Waals surface area (Å²) in [5.41, 5.74) is 1.30. The highest BCUT2D eigenvalue weighted by Crippen LogP contribution is 2.21. The minimum atomic E-state index is 0.380. The van der Waals surface area contributed by atoms with Crippen LogP contribution in [0.2, 0.25) is 0 Å². The first-order valence-corrected chi connectivity index (χ1v) is 8.62. The fraction of sp³-hybridized carbons (Fsp3) is 0.765. The molecule has 0 spiro atoms. The van der Waals surface area contributed by atoms with Crippen molar-refractivity contribution in [1.82, 2.24) is 16.0 Å². The molecule has 0 saturated heterocycles. The van der Waals surface area contributed by atoms with Crippen molar-refractivity contribution in [2.24, 2.45) is 0 Å². The molecule has 1 fully saturated rings. The Hall–Kier alpha value is -0.350. The highest BCUT2D eigenvalue weighted by molar-refractivity contribution is 6.31. The first-order chi connectivity index (χ1) is 10.1. The monoisotopic (exact) mass is 313 g/mol. The van der Waals surface area contributed by atoms with Gasteiger partial charge in [-0.15, -0.1) is 0 Å². The minimum absolute atomic E-state index is 0.380. The first-order valence-electron chi connectivity index (χ1n) is 8.24. The molecule has 1 unspecified atom stereocenters. The second-order valence-corrected chi connectivity index (χ2v) is 6.47. The van der Waals surface area contributed by atoms with Gasteiger partial charge in [0, 0.05) is 36.2 Å². The average molecular weight is 314 g/mol. The molecular weight excluding hydrogens is 282 g/mol. The standard InChI is InChI=1S/C17H32ClN3/c1-5-6-15(18)11-13(2)14(3)21-17-8-7-16(12-17)20-10-9-19-4/h6,11,14,16-17,19-21H,5,7-10,12H2,1-4H3/b13-11+,15-6+/t14?,16-,17-/m0/s1. The van der Waals surface area contributed by atoms with Crippen LogP contribution in [0.3, 0.4) is 0 Å². The van der Waals surface area contributed by atoms with E-state index in [4.69, 9.17) is 11.6 Å². The fourth-order valence-corrected chi connectivity index (χ4v) is 3.13.